The maximum Gasteiger partial charge on any atom is 0.224 e. The minimum Gasteiger partial charge on any atom is -0.353 e. The van der Waals surface area contributed by atoms with Crippen LogP contribution in [0.2, 0.25) is 0 Å². The van der Waals surface area contributed by atoms with Crippen molar-refractivity contribution in [3.63, 3.8) is 0 Å². The number of para-hydroxylation sites is 1. The highest BCUT2D eigenvalue weighted by molar-refractivity contribution is 5.78. The van der Waals surface area contributed by atoms with E-state index in [4.69, 9.17) is 0 Å². The summed E-state index contributed by atoms with van der Waals surface area (Å²) in [5.74, 6) is 2.00. The van der Waals surface area contributed by atoms with Crippen LogP contribution in [0.15, 0.2) is 42.7 Å². The van der Waals surface area contributed by atoms with Gasteiger partial charge in [0.15, 0.2) is 0 Å². The van der Waals surface area contributed by atoms with Gasteiger partial charge >= 0.3 is 0 Å². The molecule has 1 aliphatic rings. The van der Waals surface area contributed by atoms with Crippen molar-refractivity contribution in [3.05, 3.63) is 48.3 Å². The van der Waals surface area contributed by atoms with Gasteiger partial charge in [-0.2, -0.15) is 5.10 Å². The van der Waals surface area contributed by atoms with Gasteiger partial charge < -0.3 is 5.32 Å². The van der Waals surface area contributed by atoms with Crippen molar-refractivity contribution in [1.82, 2.24) is 15.1 Å². The molecule has 0 aliphatic heterocycles. The standard InChI is InChI=1S/C21H29N3O/c1-15(2)19-10-9-16(3)11-20(19)23-21(25)12-17-13-22-24(14-17)18-7-5-4-6-8-18/h4-8,13-16,19-20H,9-12H2,1-3H3,(H,23,25). The second-order valence-corrected chi connectivity index (χ2v) is 7.81. The van der Waals surface area contributed by atoms with E-state index >= 15 is 0 Å². The molecule has 1 aromatic heterocycles. The Morgan fingerprint density at radius 2 is 2.04 bits per heavy atom. The molecule has 4 nitrogen and oxygen atoms in total. The first-order chi connectivity index (χ1) is 12.0. The Morgan fingerprint density at radius 1 is 1.28 bits per heavy atom. The van der Waals surface area contributed by atoms with E-state index < -0.39 is 0 Å². The highest BCUT2D eigenvalue weighted by atomic mass is 16.1. The van der Waals surface area contributed by atoms with Crippen molar-refractivity contribution >= 4 is 5.91 Å². The predicted octanol–water partition coefficient (Wildman–Crippen LogP) is 3.99. The summed E-state index contributed by atoms with van der Waals surface area (Å²) < 4.78 is 1.82. The SMILES string of the molecule is CC1CCC(C(C)C)C(NC(=O)Cc2cnn(-c3ccccc3)c2)C1. The summed E-state index contributed by atoms with van der Waals surface area (Å²) in [5, 5.41) is 7.68. The van der Waals surface area contributed by atoms with Crippen LogP contribution in [-0.4, -0.2) is 21.7 Å². The molecule has 1 fully saturated rings. The number of nitrogens with zero attached hydrogens (tertiary/aromatic N) is 2. The molecule has 3 atom stereocenters. The van der Waals surface area contributed by atoms with E-state index in [0.29, 0.717) is 30.2 Å². The van der Waals surface area contributed by atoms with Gasteiger partial charge in [-0.1, -0.05) is 45.4 Å². The third-order valence-corrected chi connectivity index (χ3v) is 5.39. The first kappa shape index (κ1) is 17.7. The number of carbonyl (C=O) groups is 1. The van der Waals surface area contributed by atoms with Gasteiger partial charge in [0.1, 0.15) is 0 Å². The molecule has 1 heterocycles. The molecular weight excluding hydrogens is 310 g/mol. The summed E-state index contributed by atoms with van der Waals surface area (Å²) in [5.41, 5.74) is 1.96. The Labute approximate surface area is 150 Å². The minimum absolute atomic E-state index is 0.109. The van der Waals surface area contributed by atoms with Gasteiger partial charge in [0.25, 0.3) is 0 Å². The Morgan fingerprint density at radius 3 is 2.76 bits per heavy atom. The van der Waals surface area contributed by atoms with Crippen LogP contribution < -0.4 is 5.32 Å². The fourth-order valence-corrected chi connectivity index (χ4v) is 3.98. The van der Waals surface area contributed by atoms with E-state index in [-0.39, 0.29) is 5.91 Å². The number of hydrogen-bond donors (Lipinski definition) is 1. The fourth-order valence-electron chi connectivity index (χ4n) is 3.98. The number of amides is 1. The van der Waals surface area contributed by atoms with Crippen molar-refractivity contribution < 1.29 is 4.79 Å². The van der Waals surface area contributed by atoms with Crippen LogP contribution in [0, 0.1) is 17.8 Å². The summed E-state index contributed by atoms with van der Waals surface area (Å²) in [4.78, 5) is 12.6. The Balaban J connectivity index is 1.61. The quantitative estimate of drug-likeness (QED) is 0.895. The monoisotopic (exact) mass is 339 g/mol. The van der Waals surface area contributed by atoms with E-state index in [2.05, 4.69) is 31.2 Å². The molecule has 3 unspecified atom stereocenters. The lowest BCUT2D eigenvalue weighted by atomic mass is 9.74. The third kappa shape index (κ3) is 4.50. The molecule has 1 aromatic carbocycles. The van der Waals surface area contributed by atoms with Gasteiger partial charge in [0, 0.05) is 12.2 Å². The minimum atomic E-state index is 0.109. The van der Waals surface area contributed by atoms with Crippen molar-refractivity contribution in [2.24, 2.45) is 17.8 Å². The van der Waals surface area contributed by atoms with Gasteiger partial charge in [0.05, 0.1) is 18.3 Å². The van der Waals surface area contributed by atoms with E-state index in [1.54, 1.807) is 6.20 Å². The van der Waals surface area contributed by atoms with Crippen LogP contribution in [0.25, 0.3) is 5.69 Å². The zero-order valence-electron chi connectivity index (χ0n) is 15.5. The van der Waals surface area contributed by atoms with Crippen molar-refractivity contribution in [3.8, 4) is 5.69 Å². The largest absolute Gasteiger partial charge is 0.353 e. The Kier molecular flexibility index (Phi) is 5.57. The fraction of sp³-hybridized carbons (Fsp3) is 0.524. The van der Waals surface area contributed by atoms with Crippen LogP contribution >= 0.6 is 0 Å². The lowest BCUT2D eigenvalue weighted by molar-refractivity contribution is -0.122. The first-order valence-electron chi connectivity index (χ1n) is 9.41. The molecule has 1 amide bonds. The van der Waals surface area contributed by atoms with Crippen LogP contribution in [0.4, 0.5) is 0 Å². The van der Waals surface area contributed by atoms with Crippen molar-refractivity contribution in [2.45, 2.75) is 52.5 Å². The molecule has 1 N–H and O–H groups in total. The highest BCUT2D eigenvalue weighted by Crippen LogP contribution is 2.33. The second-order valence-electron chi connectivity index (χ2n) is 7.81. The number of aromatic nitrogens is 2. The number of benzene rings is 1. The average molecular weight is 339 g/mol. The topological polar surface area (TPSA) is 46.9 Å². The van der Waals surface area contributed by atoms with E-state index in [1.165, 1.54) is 12.8 Å². The Bertz CT molecular complexity index is 692. The molecular formula is C21H29N3O. The van der Waals surface area contributed by atoms with Crippen molar-refractivity contribution in [2.75, 3.05) is 0 Å². The summed E-state index contributed by atoms with van der Waals surface area (Å²) in [6.07, 6.45) is 7.71. The van der Waals surface area contributed by atoms with Gasteiger partial charge in [-0.3, -0.25) is 4.79 Å². The molecule has 0 bridgehead atoms. The Hall–Kier alpha value is -2.10. The zero-order valence-corrected chi connectivity index (χ0v) is 15.5. The third-order valence-electron chi connectivity index (χ3n) is 5.39. The second kappa shape index (κ2) is 7.85. The molecule has 2 aromatic rings. The van der Waals surface area contributed by atoms with Gasteiger partial charge in [-0.15, -0.1) is 0 Å². The first-order valence-corrected chi connectivity index (χ1v) is 9.41. The smallest absolute Gasteiger partial charge is 0.224 e. The molecule has 134 valence electrons. The lowest BCUT2D eigenvalue weighted by Gasteiger charge is -2.37. The summed E-state index contributed by atoms with van der Waals surface area (Å²) in [7, 11) is 0. The van der Waals surface area contributed by atoms with Crippen LogP contribution in [0.3, 0.4) is 0 Å². The van der Waals surface area contributed by atoms with Crippen molar-refractivity contribution in [1.29, 1.82) is 0 Å². The summed E-state index contributed by atoms with van der Waals surface area (Å²) in [6, 6.07) is 10.3. The van der Waals surface area contributed by atoms with Crippen LogP contribution in [-0.2, 0) is 11.2 Å². The maximum absolute atomic E-state index is 12.6. The number of rotatable bonds is 5. The van der Waals surface area contributed by atoms with Gasteiger partial charge in [-0.25, -0.2) is 4.68 Å². The molecule has 4 heteroatoms. The molecule has 1 aliphatic carbocycles. The van der Waals surface area contributed by atoms with E-state index in [1.807, 2.05) is 41.2 Å². The van der Waals surface area contributed by atoms with E-state index in [9.17, 15) is 4.79 Å². The molecule has 3 rings (SSSR count). The number of nitrogens with one attached hydrogen (secondary N) is 1. The number of carbonyl (C=O) groups excluding carboxylic acids is 1. The van der Waals surface area contributed by atoms with Gasteiger partial charge in [-0.05, 0) is 48.3 Å². The highest BCUT2D eigenvalue weighted by Gasteiger charge is 2.31. The number of hydrogen-bond acceptors (Lipinski definition) is 2. The zero-order chi connectivity index (χ0) is 17.8. The maximum atomic E-state index is 12.6. The molecule has 1 saturated carbocycles. The predicted molar refractivity (Wildman–Crippen MR) is 101 cm³/mol. The van der Waals surface area contributed by atoms with Gasteiger partial charge in [0.2, 0.25) is 5.91 Å². The molecule has 0 saturated heterocycles. The molecule has 0 spiro atoms. The summed E-state index contributed by atoms with van der Waals surface area (Å²) in [6.45, 7) is 6.83. The average Bonchev–Trinajstić information content (AvgIpc) is 3.03. The lowest BCUT2D eigenvalue weighted by Crippen LogP contribution is -2.46. The van der Waals surface area contributed by atoms with E-state index in [0.717, 1.165) is 17.7 Å². The van der Waals surface area contributed by atoms with Crippen LogP contribution in [0.1, 0.15) is 45.6 Å². The molecule has 0 radical (unpaired) electrons. The molecule has 25 heavy (non-hydrogen) atoms. The van der Waals surface area contributed by atoms with Crippen LogP contribution in [0.5, 0.6) is 0 Å². The normalized spacial score (nSPS) is 23.6. The summed E-state index contributed by atoms with van der Waals surface area (Å²) >= 11 is 0.